The maximum absolute atomic E-state index is 12.7. The van der Waals surface area contributed by atoms with Crippen LogP contribution in [0.3, 0.4) is 0 Å². The highest BCUT2D eigenvalue weighted by Gasteiger charge is 2.27. The van der Waals surface area contributed by atoms with Gasteiger partial charge in [0.25, 0.3) is 0 Å². The molecule has 0 heterocycles. The van der Waals surface area contributed by atoms with Gasteiger partial charge in [0.2, 0.25) is 0 Å². The highest BCUT2D eigenvalue weighted by Crippen LogP contribution is 2.43. The van der Waals surface area contributed by atoms with Crippen LogP contribution < -0.4 is 0 Å². The Kier molecular flexibility index (Phi) is 40.7. The first-order valence-electron chi connectivity index (χ1n) is 24.8. The molecule has 0 aliphatic carbocycles. The standard InChI is InChI=1S/C48H96NO8P/c1-6-8-10-12-14-16-18-20-22-23-24-25-27-29-31-33-35-37-39-41-48(51)57-46(45-56-58(52,53)55-43-42-49(3,4)5)44-54-47(50)40-38-36-34-32-30-28-26-21-19-17-15-13-11-9-7-2/h46H,6-45H2,1-5H3/p+1/t46-/m1/s1. The lowest BCUT2D eigenvalue weighted by Gasteiger charge is -2.24. The average molecular weight is 847 g/mol. The van der Waals surface area contributed by atoms with Crippen LogP contribution in [-0.4, -0.2) is 74.9 Å². The number of nitrogens with zero attached hydrogens (tertiary/aromatic N) is 1. The minimum Gasteiger partial charge on any atom is -0.462 e. The van der Waals surface area contributed by atoms with Crippen molar-refractivity contribution in [3.8, 4) is 0 Å². The monoisotopic (exact) mass is 847 g/mol. The van der Waals surface area contributed by atoms with Crippen molar-refractivity contribution in [3.63, 3.8) is 0 Å². The maximum Gasteiger partial charge on any atom is 0.472 e. The van der Waals surface area contributed by atoms with E-state index in [9.17, 15) is 19.0 Å². The second-order valence-electron chi connectivity index (χ2n) is 18.2. The molecule has 0 aromatic rings. The fourth-order valence-electron chi connectivity index (χ4n) is 7.25. The Labute approximate surface area is 359 Å². The van der Waals surface area contributed by atoms with Gasteiger partial charge in [-0.2, -0.15) is 0 Å². The van der Waals surface area contributed by atoms with Gasteiger partial charge in [-0.3, -0.25) is 18.6 Å². The summed E-state index contributed by atoms with van der Waals surface area (Å²) in [5, 5.41) is 0. The van der Waals surface area contributed by atoms with Gasteiger partial charge >= 0.3 is 19.8 Å². The molecule has 0 spiro atoms. The molecule has 0 aliphatic heterocycles. The molecule has 0 aliphatic rings. The third kappa shape index (κ3) is 44.6. The SMILES string of the molecule is CCCCCCCCCCCCCCCCCCCCCC(=O)O[C@H](COC(=O)CCCCCCCCCCCCCCCCC)COP(=O)(O)OCC[N+](C)(C)C. The Balaban J connectivity index is 4.22. The van der Waals surface area contributed by atoms with Crippen LogP contribution in [0.15, 0.2) is 0 Å². The first-order valence-corrected chi connectivity index (χ1v) is 26.3. The molecule has 2 atom stereocenters. The van der Waals surface area contributed by atoms with Crippen molar-refractivity contribution in [1.82, 2.24) is 0 Å². The number of quaternary nitrogens is 1. The zero-order chi connectivity index (χ0) is 42.8. The molecule has 1 N–H and O–H groups in total. The number of unbranched alkanes of at least 4 members (excludes halogenated alkanes) is 32. The normalized spacial score (nSPS) is 13.4. The predicted octanol–water partition coefficient (Wildman–Crippen LogP) is 14.4. The van der Waals surface area contributed by atoms with Gasteiger partial charge in [0, 0.05) is 12.8 Å². The number of likely N-dealkylation sites (N-methyl/N-ethyl adjacent to an activating group) is 1. The van der Waals surface area contributed by atoms with E-state index in [0.29, 0.717) is 17.4 Å². The zero-order valence-corrected chi connectivity index (χ0v) is 40.0. The zero-order valence-electron chi connectivity index (χ0n) is 39.1. The van der Waals surface area contributed by atoms with E-state index in [0.717, 1.165) is 38.5 Å². The fraction of sp³-hybridized carbons (Fsp3) is 0.958. The van der Waals surface area contributed by atoms with E-state index in [1.54, 1.807) is 0 Å². The number of carbonyl (C=O) groups excluding carboxylic acids is 2. The van der Waals surface area contributed by atoms with Gasteiger partial charge in [-0.25, -0.2) is 4.57 Å². The lowest BCUT2D eigenvalue weighted by Crippen LogP contribution is -2.37. The number of phosphoric ester groups is 1. The summed E-state index contributed by atoms with van der Waals surface area (Å²) in [5.74, 6) is -0.779. The summed E-state index contributed by atoms with van der Waals surface area (Å²) >= 11 is 0. The van der Waals surface area contributed by atoms with Gasteiger partial charge in [-0.1, -0.05) is 219 Å². The second kappa shape index (κ2) is 41.4. The van der Waals surface area contributed by atoms with E-state index in [2.05, 4.69) is 13.8 Å². The van der Waals surface area contributed by atoms with E-state index < -0.39 is 26.5 Å². The first-order chi connectivity index (χ1) is 28.0. The third-order valence-corrected chi connectivity index (χ3v) is 12.1. The van der Waals surface area contributed by atoms with E-state index in [1.807, 2.05) is 21.1 Å². The fourth-order valence-corrected chi connectivity index (χ4v) is 7.99. The van der Waals surface area contributed by atoms with Crippen LogP contribution in [0, 0.1) is 0 Å². The predicted molar refractivity (Wildman–Crippen MR) is 243 cm³/mol. The molecule has 9 nitrogen and oxygen atoms in total. The molecule has 0 radical (unpaired) electrons. The Morgan fingerprint density at radius 2 is 0.776 bits per heavy atom. The summed E-state index contributed by atoms with van der Waals surface area (Å²) in [6.45, 7) is 4.48. The Bertz CT molecular complexity index is 958. The van der Waals surface area contributed by atoms with Crippen LogP contribution in [0.5, 0.6) is 0 Å². The topological polar surface area (TPSA) is 108 Å². The Hall–Kier alpha value is -0.990. The van der Waals surface area contributed by atoms with Crippen LogP contribution in [0.25, 0.3) is 0 Å². The van der Waals surface area contributed by atoms with Crippen molar-refractivity contribution in [2.45, 2.75) is 251 Å². The van der Waals surface area contributed by atoms with Crippen molar-refractivity contribution in [3.05, 3.63) is 0 Å². The van der Waals surface area contributed by atoms with E-state index >= 15 is 0 Å². The minimum atomic E-state index is -4.37. The molecular weight excluding hydrogens is 750 g/mol. The van der Waals surface area contributed by atoms with Gasteiger partial charge in [0.05, 0.1) is 27.7 Å². The lowest BCUT2D eigenvalue weighted by atomic mass is 10.0. The lowest BCUT2D eigenvalue weighted by molar-refractivity contribution is -0.870. The smallest absolute Gasteiger partial charge is 0.462 e. The number of rotatable bonds is 46. The van der Waals surface area contributed by atoms with Crippen molar-refractivity contribution in [1.29, 1.82) is 0 Å². The van der Waals surface area contributed by atoms with Gasteiger partial charge in [-0.05, 0) is 12.8 Å². The molecule has 0 saturated heterocycles. The van der Waals surface area contributed by atoms with Crippen LogP contribution >= 0.6 is 7.82 Å². The summed E-state index contributed by atoms with van der Waals surface area (Å²) in [5.41, 5.74) is 0. The highest BCUT2D eigenvalue weighted by atomic mass is 31.2. The number of carbonyl (C=O) groups is 2. The summed E-state index contributed by atoms with van der Waals surface area (Å²) in [7, 11) is 1.50. The molecule has 58 heavy (non-hydrogen) atoms. The molecule has 346 valence electrons. The molecule has 0 aromatic carbocycles. The van der Waals surface area contributed by atoms with E-state index in [1.165, 1.54) is 180 Å². The molecule has 0 fully saturated rings. The van der Waals surface area contributed by atoms with Crippen molar-refractivity contribution in [2.75, 3.05) is 47.5 Å². The van der Waals surface area contributed by atoms with Gasteiger partial charge in [0.1, 0.15) is 19.8 Å². The summed E-state index contributed by atoms with van der Waals surface area (Å²) in [6.07, 6.45) is 42.9. The maximum atomic E-state index is 12.7. The van der Waals surface area contributed by atoms with E-state index in [4.69, 9.17) is 18.5 Å². The second-order valence-corrected chi connectivity index (χ2v) is 19.7. The number of esters is 2. The molecule has 10 heteroatoms. The summed E-state index contributed by atoms with van der Waals surface area (Å²) in [4.78, 5) is 35.5. The van der Waals surface area contributed by atoms with Gasteiger partial charge in [-0.15, -0.1) is 0 Å². The van der Waals surface area contributed by atoms with Crippen LogP contribution in [0.1, 0.15) is 245 Å². The highest BCUT2D eigenvalue weighted by molar-refractivity contribution is 7.47. The Morgan fingerprint density at radius 1 is 0.466 bits per heavy atom. The molecule has 0 bridgehead atoms. The molecule has 0 amide bonds. The molecule has 1 unspecified atom stereocenters. The molecule has 0 rings (SSSR count). The summed E-state index contributed by atoms with van der Waals surface area (Å²) < 4.78 is 34.4. The third-order valence-electron chi connectivity index (χ3n) is 11.1. The largest absolute Gasteiger partial charge is 0.472 e. The number of hydrogen-bond donors (Lipinski definition) is 1. The van der Waals surface area contributed by atoms with Crippen molar-refractivity contribution < 1.29 is 42.1 Å². The summed E-state index contributed by atoms with van der Waals surface area (Å²) in [6, 6.07) is 0. The van der Waals surface area contributed by atoms with E-state index in [-0.39, 0.29) is 25.6 Å². The van der Waals surface area contributed by atoms with Crippen molar-refractivity contribution >= 4 is 19.8 Å². The average Bonchev–Trinajstić information content (AvgIpc) is 3.17. The number of hydrogen-bond acceptors (Lipinski definition) is 7. The van der Waals surface area contributed by atoms with Crippen LogP contribution in [0.2, 0.25) is 0 Å². The number of phosphoric acid groups is 1. The van der Waals surface area contributed by atoms with Crippen molar-refractivity contribution in [2.24, 2.45) is 0 Å². The van der Waals surface area contributed by atoms with Gasteiger partial charge in [0.15, 0.2) is 6.10 Å². The molecule has 0 saturated carbocycles. The number of ether oxygens (including phenoxy) is 2. The minimum absolute atomic E-state index is 0.0371. The first kappa shape index (κ1) is 57.0. The molecule has 0 aromatic heterocycles. The quantitative estimate of drug-likeness (QED) is 0.0279. The Morgan fingerprint density at radius 3 is 1.10 bits per heavy atom. The van der Waals surface area contributed by atoms with Gasteiger partial charge < -0.3 is 18.9 Å². The van der Waals surface area contributed by atoms with Crippen LogP contribution in [-0.2, 0) is 32.7 Å². The molecular formula is C48H97NO8P+. The van der Waals surface area contributed by atoms with Crippen LogP contribution in [0.4, 0.5) is 0 Å².